The summed E-state index contributed by atoms with van der Waals surface area (Å²) in [7, 11) is 0. The lowest BCUT2D eigenvalue weighted by Crippen LogP contribution is -2.23. The molecule has 0 radical (unpaired) electrons. The van der Waals surface area contributed by atoms with Crippen LogP contribution >= 0.6 is 11.6 Å². The zero-order valence-corrected chi connectivity index (χ0v) is 15.8. The fourth-order valence-electron chi connectivity index (χ4n) is 2.47. The Kier molecular flexibility index (Phi) is 7.56. The van der Waals surface area contributed by atoms with E-state index in [-0.39, 0.29) is 0 Å². The first-order chi connectivity index (χ1) is 12.0. The molecule has 2 aromatic carbocycles. The number of nitrogens with one attached hydrogen (secondary N) is 1. The molecule has 0 amide bonds. The highest BCUT2D eigenvalue weighted by Gasteiger charge is 2.13. The molecule has 0 aliphatic heterocycles. The normalized spacial score (nSPS) is 12.0. The Balaban J connectivity index is 2.14. The van der Waals surface area contributed by atoms with Gasteiger partial charge >= 0.3 is 0 Å². The summed E-state index contributed by atoms with van der Waals surface area (Å²) < 4.78 is 11.7. The van der Waals surface area contributed by atoms with E-state index < -0.39 is 6.10 Å². The van der Waals surface area contributed by atoms with Gasteiger partial charge in [-0.25, -0.2) is 0 Å². The fraction of sp³-hybridized carbons (Fsp3) is 0.400. The summed E-state index contributed by atoms with van der Waals surface area (Å²) in [5.74, 6) is 1.20. The van der Waals surface area contributed by atoms with Crippen molar-refractivity contribution in [3.8, 4) is 11.5 Å². The molecular formula is C20H26ClNO3. The summed E-state index contributed by atoms with van der Waals surface area (Å²) in [6.45, 7) is 7.82. The molecule has 2 aromatic rings. The van der Waals surface area contributed by atoms with E-state index in [9.17, 15) is 5.11 Å². The highest BCUT2D eigenvalue weighted by Crippen LogP contribution is 2.37. The molecule has 0 aromatic heterocycles. The Morgan fingerprint density at radius 3 is 2.64 bits per heavy atom. The Hall–Kier alpha value is -1.75. The van der Waals surface area contributed by atoms with E-state index >= 15 is 0 Å². The molecule has 5 heteroatoms. The maximum absolute atomic E-state index is 9.34. The minimum absolute atomic E-state index is 0.390. The van der Waals surface area contributed by atoms with Crippen molar-refractivity contribution in [2.45, 2.75) is 40.0 Å². The molecule has 0 heterocycles. The molecule has 0 aliphatic rings. The Morgan fingerprint density at radius 1 is 1.20 bits per heavy atom. The largest absolute Gasteiger partial charge is 0.490 e. The van der Waals surface area contributed by atoms with Crippen molar-refractivity contribution >= 4 is 11.6 Å². The van der Waals surface area contributed by atoms with Crippen LogP contribution in [-0.4, -0.2) is 24.4 Å². The predicted octanol–water partition coefficient (Wildman–Crippen LogP) is 4.10. The van der Waals surface area contributed by atoms with Crippen molar-refractivity contribution in [3.63, 3.8) is 0 Å². The molecule has 0 saturated carbocycles. The summed E-state index contributed by atoms with van der Waals surface area (Å²) in [6.07, 6.45) is -0.390. The van der Waals surface area contributed by atoms with Gasteiger partial charge in [0.05, 0.1) is 17.7 Å². The number of rotatable bonds is 9. The third kappa shape index (κ3) is 5.92. The van der Waals surface area contributed by atoms with Gasteiger partial charge in [-0.2, -0.15) is 0 Å². The van der Waals surface area contributed by atoms with Crippen molar-refractivity contribution in [2.75, 3.05) is 13.2 Å². The van der Waals surface area contributed by atoms with E-state index in [0.717, 1.165) is 11.1 Å². The van der Waals surface area contributed by atoms with Gasteiger partial charge in [0.15, 0.2) is 11.5 Å². The lowest BCUT2D eigenvalue weighted by molar-refractivity contribution is 0.191. The Morgan fingerprint density at radius 2 is 1.96 bits per heavy atom. The summed E-state index contributed by atoms with van der Waals surface area (Å²) in [6, 6.07) is 11.9. The van der Waals surface area contributed by atoms with Crippen LogP contribution in [0.25, 0.3) is 0 Å². The number of aliphatic hydroxyl groups excluding tert-OH is 1. The van der Waals surface area contributed by atoms with Gasteiger partial charge in [0, 0.05) is 13.1 Å². The van der Waals surface area contributed by atoms with Gasteiger partial charge in [-0.1, -0.05) is 35.9 Å². The summed E-state index contributed by atoms with van der Waals surface area (Å²) in [5, 5.41) is 13.0. The molecule has 136 valence electrons. The number of halogens is 1. The first-order valence-electron chi connectivity index (χ1n) is 8.52. The van der Waals surface area contributed by atoms with Crippen LogP contribution < -0.4 is 14.8 Å². The number of aliphatic hydroxyl groups is 1. The molecule has 2 N–H and O–H groups in total. The van der Waals surface area contributed by atoms with E-state index in [0.29, 0.717) is 42.8 Å². The van der Waals surface area contributed by atoms with Gasteiger partial charge in [-0.3, -0.25) is 0 Å². The minimum Gasteiger partial charge on any atom is -0.490 e. The lowest BCUT2D eigenvalue weighted by Gasteiger charge is -2.16. The molecule has 0 unspecified atom stereocenters. The molecule has 2 rings (SSSR count). The maximum Gasteiger partial charge on any atom is 0.180 e. The minimum atomic E-state index is -0.390. The summed E-state index contributed by atoms with van der Waals surface area (Å²) in [4.78, 5) is 0. The van der Waals surface area contributed by atoms with E-state index in [1.165, 1.54) is 5.56 Å². The zero-order valence-electron chi connectivity index (χ0n) is 15.0. The molecule has 4 nitrogen and oxygen atoms in total. The van der Waals surface area contributed by atoms with E-state index in [1.54, 1.807) is 6.92 Å². The van der Waals surface area contributed by atoms with Gasteiger partial charge in [-0.15, -0.1) is 0 Å². The van der Waals surface area contributed by atoms with E-state index in [4.69, 9.17) is 21.1 Å². The summed E-state index contributed by atoms with van der Waals surface area (Å²) >= 11 is 6.44. The second-order valence-electron chi connectivity index (χ2n) is 6.03. The quantitative estimate of drug-likeness (QED) is 0.704. The maximum atomic E-state index is 9.34. The second kappa shape index (κ2) is 9.66. The van der Waals surface area contributed by atoms with Crippen LogP contribution in [0.2, 0.25) is 5.02 Å². The number of aryl methyl sites for hydroxylation is 1. The average molecular weight is 364 g/mol. The van der Waals surface area contributed by atoms with Crippen molar-refractivity contribution in [2.24, 2.45) is 0 Å². The van der Waals surface area contributed by atoms with Gasteiger partial charge < -0.3 is 19.9 Å². The monoisotopic (exact) mass is 363 g/mol. The van der Waals surface area contributed by atoms with Gasteiger partial charge in [0.1, 0.15) is 6.61 Å². The van der Waals surface area contributed by atoms with Crippen LogP contribution in [0, 0.1) is 6.92 Å². The second-order valence-corrected chi connectivity index (χ2v) is 6.44. The SMILES string of the molecule is CCOc1cc(CNC[C@H](C)O)cc(Cl)c1OCc1ccccc1C. The summed E-state index contributed by atoms with van der Waals surface area (Å²) in [5.41, 5.74) is 3.27. The zero-order chi connectivity index (χ0) is 18.2. The number of hydrogen-bond acceptors (Lipinski definition) is 4. The van der Waals surface area contributed by atoms with Crippen molar-refractivity contribution < 1.29 is 14.6 Å². The lowest BCUT2D eigenvalue weighted by atomic mass is 10.1. The highest BCUT2D eigenvalue weighted by molar-refractivity contribution is 6.32. The van der Waals surface area contributed by atoms with Gasteiger partial charge in [-0.05, 0) is 49.6 Å². The van der Waals surface area contributed by atoms with Crippen LogP contribution in [-0.2, 0) is 13.2 Å². The number of ether oxygens (including phenoxy) is 2. The molecule has 0 saturated heterocycles. The van der Waals surface area contributed by atoms with Crippen LogP contribution in [0.15, 0.2) is 36.4 Å². The molecule has 0 spiro atoms. The standard InChI is InChI=1S/C20H26ClNO3/c1-4-24-19-10-16(12-22-11-15(3)23)9-18(21)20(19)25-13-17-8-6-5-7-14(17)2/h5-10,15,22-23H,4,11-13H2,1-3H3/t15-/m0/s1. The highest BCUT2D eigenvalue weighted by atomic mass is 35.5. The van der Waals surface area contributed by atoms with E-state index in [2.05, 4.69) is 18.3 Å². The number of hydrogen-bond donors (Lipinski definition) is 2. The van der Waals surface area contributed by atoms with Crippen LogP contribution in [0.1, 0.15) is 30.5 Å². The molecular weight excluding hydrogens is 338 g/mol. The predicted molar refractivity (Wildman–Crippen MR) is 102 cm³/mol. The van der Waals surface area contributed by atoms with Crippen LogP contribution in [0.4, 0.5) is 0 Å². The number of benzene rings is 2. The molecule has 0 fully saturated rings. The van der Waals surface area contributed by atoms with Crippen molar-refractivity contribution in [3.05, 3.63) is 58.1 Å². The first-order valence-corrected chi connectivity index (χ1v) is 8.90. The fourth-order valence-corrected chi connectivity index (χ4v) is 2.76. The smallest absolute Gasteiger partial charge is 0.180 e. The third-order valence-electron chi connectivity index (χ3n) is 3.77. The Bertz CT molecular complexity index is 689. The molecule has 0 aliphatic carbocycles. The Labute approximate surface area is 154 Å². The topological polar surface area (TPSA) is 50.7 Å². The molecule has 0 bridgehead atoms. The van der Waals surface area contributed by atoms with Crippen LogP contribution in [0.5, 0.6) is 11.5 Å². The van der Waals surface area contributed by atoms with Gasteiger partial charge in [0.25, 0.3) is 0 Å². The van der Waals surface area contributed by atoms with E-state index in [1.807, 2.05) is 37.3 Å². The van der Waals surface area contributed by atoms with Crippen molar-refractivity contribution in [1.82, 2.24) is 5.32 Å². The van der Waals surface area contributed by atoms with Gasteiger partial charge in [0.2, 0.25) is 0 Å². The molecule has 25 heavy (non-hydrogen) atoms. The third-order valence-corrected chi connectivity index (χ3v) is 4.05. The molecule has 1 atom stereocenters. The average Bonchev–Trinajstić information content (AvgIpc) is 2.55. The first kappa shape index (κ1) is 19.6. The van der Waals surface area contributed by atoms with Crippen molar-refractivity contribution in [1.29, 1.82) is 0 Å². The van der Waals surface area contributed by atoms with Crippen LogP contribution in [0.3, 0.4) is 0 Å².